The van der Waals surface area contributed by atoms with Gasteiger partial charge >= 0.3 is 0 Å². The molecule has 0 spiro atoms. The predicted octanol–water partition coefficient (Wildman–Crippen LogP) is -0.0122. The van der Waals surface area contributed by atoms with E-state index in [2.05, 4.69) is 0 Å². The Bertz CT molecular complexity index is 689. The maximum absolute atomic E-state index is 11.6. The molecule has 1 unspecified atom stereocenters. The third-order valence-electron chi connectivity index (χ3n) is 2.09. The van der Waals surface area contributed by atoms with Gasteiger partial charge in [-0.2, -0.15) is 5.26 Å². The minimum atomic E-state index is -4.05. The molecule has 98 valence electrons. The van der Waals surface area contributed by atoms with Gasteiger partial charge < -0.3 is 0 Å². The second-order valence-corrected chi connectivity index (χ2v) is 6.99. The van der Waals surface area contributed by atoms with Crippen LogP contribution in [-0.4, -0.2) is 22.1 Å². The first kappa shape index (κ1) is 14.4. The molecule has 0 aliphatic heterocycles. The lowest BCUT2D eigenvalue weighted by Gasteiger charge is -2.12. The van der Waals surface area contributed by atoms with Gasteiger partial charge in [0.25, 0.3) is 0 Å². The molecule has 1 aromatic carbocycles. The standard InChI is InChI=1S/C9H11N3O4S2/c1-7(6-10)18(15,16)12-8-4-2-3-5-9(8)17(11,13)14/h2-5,7,12H,1H3,(H2,11,13,14). The first-order valence-corrected chi connectivity index (χ1v) is 7.81. The fraction of sp³-hybridized carbons (Fsp3) is 0.222. The summed E-state index contributed by atoms with van der Waals surface area (Å²) in [5.74, 6) is 0. The van der Waals surface area contributed by atoms with Crippen molar-refractivity contribution in [1.29, 1.82) is 5.26 Å². The molecule has 0 saturated heterocycles. The van der Waals surface area contributed by atoms with E-state index in [-0.39, 0.29) is 10.6 Å². The van der Waals surface area contributed by atoms with Gasteiger partial charge in [-0.3, -0.25) is 4.72 Å². The highest BCUT2D eigenvalue weighted by atomic mass is 32.2. The Balaban J connectivity index is 3.27. The topological polar surface area (TPSA) is 130 Å². The number of rotatable bonds is 4. The van der Waals surface area contributed by atoms with Gasteiger partial charge in [0.15, 0.2) is 5.25 Å². The molecule has 1 aromatic rings. The largest absolute Gasteiger partial charge is 0.281 e. The zero-order valence-electron chi connectivity index (χ0n) is 9.36. The molecule has 0 aromatic heterocycles. The molecule has 1 atom stereocenters. The van der Waals surface area contributed by atoms with Crippen LogP contribution in [0, 0.1) is 11.3 Å². The predicted molar refractivity (Wildman–Crippen MR) is 65.4 cm³/mol. The molecule has 1 rings (SSSR count). The summed E-state index contributed by atoms with van der Waals surface area (Å²) in [5.41, 5.74) is -0.179. The number of primary sulfonamides is 1. The van der Waals surface area contributed by atoms with Gasteiger partial charge in [0.05, 0.1) is 11.8 Å². The number of nitriles is 1. The smallest absolute Gasteiger partial charge is 0.248 e. The van der Waals surface area contributed by atoms with Crippen LogP contribution in [0.2, 0.25) is 0 Å². The number of hydrogen-bond acceptors (Lipinski definition) is 5. The van der Waals surface area contributed by atoms with E-state index in [0.29, 0.717) is 0 Å². The van der Waals surface area contributed by atoms with Crippen LogP contribution in [0.15, 0.2) is 29.2 Å². The van der Waals surface area contributed by atoms with E-state index in [9.17, 15) is 16.8 Å². The number of nitrogens with one attached hydrogen (secondary N) is 1. The Morgan fingerprint density at radius 1 is 1.28 bits per heavy atom. The summed E-state index contributed by atoms with van der Waals surface area (Å²) in [6, 6.07) is 6.83. The van der Waals surface area contributed by atoms with Crippen molar-refractivity contribution in [2.75, 3.05) is 4.72 Å². The van der Waals surface area contributed by atoms with Crippen LogP contribution in [0.4, 0.5) is 5.69 Å². The fourth-order valence-corrected chi connectivity index (χ4v) is 2.67. The lowest BCUT2D eigenvalue weighted by atomic mass is 10.3. The summed E-state index contributed by atoms with van der Waals surface area (Å²) >= 11 is 0. The molecule has 0 heterocycles. The molecule has 9 heteroatoms. The van der Waals surface area contributed by atoms with Crippen molar-refractivity contribution in [3.8, 4) is 6.07 Å². The molecular formula is C9H11N3O4S2. The van der Waals surface area contributed by atoms with Crippen molar-refractivity contribution in [3.05, 3.63) is 24.3 Å². The molecule has 0 fully saturated rings. The minimum Gasteiger partial charge on any atom is -0.281 e. The molecule has 0 saturated carbocycles. The third-order valence-corrected chi connectivity index (χ3v) is 4.60. The van der Waals surface area contributed by atoms with Crippen molar-refractivity contribution < 1.29 is 16.8 Å². The summed E-state index contributed by atoms with van der Waals surface area (Å²) in [7, 11) is -8.03. The maximum atomic E-state index is 11.6. The lowest BCUT2D eigenvalue weighted by Crippen LogP contribution is -2.25. The summed E-state index contributed by atoms with van der Waals surface area (Å²) in [4.78, 5) is -0.348. The molecule has 0 bridgehead atoms. The maximum Gasteiger partial charge on any atom is 0.248 e. The summed E-state index contributed by atoms with van der Waals surface area (Å²) in [5, 5.41) is 12.2. The van der Waals surface area contributed by atoms with E-state index < -0.39 is 25.3 Å². The monoisotopic (exact) mass is 289 g/mol. The van der Waals surface area contributed by atoms with Crippen molar-refractivity contribution in [3.63, 3.8) is 0 Å². The summed E-state index contributed by atoms with van der Waals surface area (Å²) < 4.78 is 47.8. The third kappa shape index (κ3) is 3.19. The number of nitrogens with zero attached hydrogens (tertiary/aromatic N) is 1. The van der Waals surface area contributed by atoms with Gasteiger partial charge in [-0.1, -0.05) is 12.1 Å². The molecule has 18 heavy (non-hydrogen) atoms. The Hall–Kier alpha value is -1.63. The van der Waals surface area contributed by atoms with Gasteiger partial charge in [-0.25, -0.2) is 22.0 Å². The molecule has 0 aliphatic rings. The molecule has 7 nitrogen and oxygen atoms in total. The van der Waals surface area contributed by atoms with Gasteiger partial charge in [-0.05, 0) is 19.1 Å². The Labute approximate surface area is 105 Å². The van der Waals surface area contributed by atoms with Gasteiger partial charge in [0, 0.05) is 0 Å². The highest BCUT2D eigenvalue weighted by Gasteiger charge is 2.23. The molecule has 0 radical (unpaired) electrons. The van der Waals surface area contributed by atoms with Crippen LogP contribution in [0.25, 0.3) is 0 Å². The number of para-hydroxylation sites is 1. The van der Waals surface area contributed by atoms with Crippen molar-refractivity contribution in [2.45, 2.75) is 17.1 Å². The van der Waals surface area contributed by atoms with Crippen LogP contribution >= 0.6 is 0 Å². The average Bonchev–Trinajstić information content (AvgIpc) is 2.26. The first-order chi connectivity index (χ1) is 8.18. The van der Waals surface area contributed by atoms with Crippen LogP contribution in [0.5, 0.6) is 0 Å². The number of sulfonamides is 2. The summed E-state index contributed by atoms with van der Waals surface area (Å²) in [6.07, 6.45) is 0. The lowest BCUT2D eigenvalue weighted by molar-refractivity contribution is 0.597. The molecular weight excluding hydrogens is 278 g/mol. The molecule has 3 N–H and O–H groups in total. The fourth-order valence-electron chi connectivity index (χ4n) is 1.11. The normalized spacial score (nSPS) is 13.6. The van der Waals surface area contributed by atoms with E-state index in [4.69, 9.17) is 10.4 Å². The number of benzene rings is 1. The van der Waals surface area contributed by atoms with Crippen LogP contribution in [0.1, 0.15) is 6.92 Å². The Kier molecular flexibility index (Phi) is 3.95. The quantitative estimate of drug-likeness (QED) is 0.804. The zero-order valence-corrected chi connectivity index (χ0v) is 11.0. The van der Waals surface area contributed by atoms with E-state index in [1.807, 2.05) is 4.72 Å². The number of hydrogen-bond donors (Lipinski definition) is 2. The van der Waals surface area contributed by atoms with E-state index in [1.54, 1.807) is 6.07 Å². The van der Waals surface area contributed by atoms with Crippen molar-refractivity contribution in [2.24, 2.45) is 5.14 Å². The zero-order chi connectivity index (χ0) is 14.0. The second kappa shape index (κ2) is 4.93. The number of anilines is 1. The molecule has 0 amide bonds. The first-order valence-electron chi connectivity index (χ1n) is 4.71. The van der Waals surface area contributed by atoms with Gasteiger partial charge in [-0.15, -0.1) is 0 Å². The Morgan fingerprint density at radius 2 is 1.83 bits per heavy atom. The van der Waals surface area contributed by atoms with E-state index >= 15 is 0 Å². The second-order valence-electron chi connectivity index (χ2n) is 3.46. The summed E-state index contributed by atoms with van der Waals surface area (Å²) in [6.45, 7) is 1.18. The van der Waals surface area contributed by atoms with E-state index in [1.165, 1.54) is 31.2 Å². The van der Waals surface area contributed by atoms with Gasteiger partial charge in [0.1, 0.15) is 4.90 Å². The van der Waals surface area contributed by atoms with Crippen LogP contribution in [-0.2, 0) is 20.0 Å². The SMILES string of the molecule is CC(C#N)S(=O)(=O)Nc1ccccc1S(N)(=O)=O. The van der Waals surface area contributed by atoms with Crippen LogP contribution < -0.4 is 9.86 Å². The highest BCUT2D eigenvalue weighted by Crippen LogP contribution is 2.21. The van der Waals surface area contributed by atoms with E-state index in [0.717, 1.165) is 0 Å². The van der Waals surface area contributed by atoms with Crippen molar-refractivity contribution in [1.82, 2.24) is 0 Å². The Morgan fingerprint density at radius 3 is 2.33 bits per heavy atom. The minimum absolute atomic E-state index is 0.179. The molecule has 0 aliphatic carbocycles. The average molecular weight is 289 g/mol. The van der Waals surface area contributed by atoms with Crippen molar-refractivity contribution >= 4 is 25.7 Å². The van der Waals surface area contributed by atoms with Crippen LogP contribution in [0.3, 0.4) is 0 Å². The highest BCUT2D eigenvalue weighted by molar-refractivity contribution is 7.93. The number of nitrogens with two attached hydrogens (primary N) is 1. The van der Waals surface area contributed by atoms with Gasteiger partial charge in [0.2, 0.25) is 20.0 Å².